The molecule has 0 amide bonds. The minimum atomic E-state index is 0.412. The summed E-state index contributed by atoms with van der Waals surface area (Å²) in [6.07, 6.45) is 5.81. The van der Waals surface area contributed by atoms with Crippen LogP contribution < -0.4 is 5.73 Å². The van der Waals surface area contributed by atoms with Gasteiger partial charge < -0.3 is 10.3 Å². The van der Waals surface area contributed by atoms with E-state index in [-0.39, 0.29) is 0 Å². The number of hydrogen-bond donors (Lipinski definition) is 1. The van der Waals surface area contributed by atoms with E-state index in [1.807, 2.05) is 0 Å². The van der Waals surface area contributed by atoms with Crippen LogP contribution in [-0.2, 0) is 6.42 Å². The Hall–Kier alpha value is -0.900. The van der Waals surface area contributed by atoms with E-state index < -0.39 is 0 Å². The molecular formula is C13H23N3O. The van der Waals surface area contributed by atoms with Crippen molar-refractivity contribution in [3.63, 3.8) is 0 Å². The monoisotopic (exact) mass is 237 g/mol. The van der Waals surface area contributed by atoms with Gasteiger partial charge in [-0.25, -0.2) is 0 Å². The summed E-state index contributed by atoms with van der Waals surface area (Å²) in [5, 5.41) is 4.13. The molecule has 0 bridgehead atoms. The van der Waals surface area contributed by atoms with Gasteiger partial charge in [0.15, 0.2) is 5.82 Å². The third kappa shape index (κ3) is 3.06. The van der Waals surface area contributed by atoms with Crippen LogP contribution in [0, 0.1) is 11.8 Å². The van der Waals surface area contributed by atoms with Crippen LogP contribution in [0.3, 0.4) is 0 Å². The molecule has 1 aromatic rings. The van der Waals surface area contributed by atoms with Gasteiger partial charge in [0.05, 0.1) is 0 Å². The fraction of sp³-hybridized carbons (Fsp3) is 0.846. The Bertz CT molecular complexity index is 350. The minimum Gasteiger partial charge on any atom is -0.339 e. The number of hydrogen-bond acceptors (Lipinski definition) is 4. The first-order valence-electron chi connectivity index (χ1n) is 6.75. The summed E-state index contributed by atoms with van der Waals surface area (Å²) in [4.78, 5) is 4.52. The first kappa shape index (κ1) is 12.6. The average Bonchev–Trinajstić information content (AvgIpc) is 2.96. The van der Waals surface area contributed by atoms with E-state index >= 15 is 0 Å². The van der Waals surface area contributed by atoms with Crippen LogP contribution in [0.25, 0.3) is 0 Å². The Morgan fingerprint density at radius 3 is 2.94 bits per heavy atom. The lowest BCUT2D eigenvalue weighted by Crippen LogP contribution is -2.13. The minimum absolute atomic E-state index is 0.412. The summed E-state index contributed by atoms with van der Waals surface area (Å²) in [7, 11) is 0. The van der Waals surface area contributed by atoms with Crippen molar-refractivity contribution in [2.45, 2.75) is 51.9 Å². The lowest BCUT2D eigenvalue weighted by atomic mass is 10.0. The molecule has 2 rings (SSSR count). The molecule has 1 fully saturated rings. The largest absolute Gasteiger partial charge is 0.339 e. The number of nitrogens with zero attached hydrogens (tertiary/aromatic N) is 2. The predicted molar refractivity (Wildman–Crippen MR) is 66.6 cm³/mol. The van der Waals surface area contributed by atoms with Crippen molar-refractivity contribution >= 4 is 0 Å². The molecule has 2 N–H and O–H groups in total. The molecule has 1 saturated carbocycles. The molecule has 1 heterocycles. The highest BCUT2D eigenvalue weighted by Crippen LogP contribution is 2.38. The standard InChI is InChI=1S/C13H23N3O/c1-3-10-4-5-11(7-10)13-15-12(17-16-13)6-9(2)8-14/h9-11H,3-8,14H2,1-2H3. The van der Waals surface area contributed by atoms with Gasteiger partial charge in [-0.2, -0.15) is 4.98 Å². The summed E-state index contributed by atoms with van der Waals surface area (Å²) in [5.74, 6) is 3.45. The van der Waals surface area contributed by atoms with Gasteiger partial charge in [-0.1, -0.05) is 25.4 Å². The fourth-order valence-corrected chi connectivity index (χ4v) is 2.58. The van der Waals surface area contributed by atoms with E-state index in [2.05, 4.69) is 24.0 Å². The van der Waals surface area contributed by atoms with Crippen LogP contribution in [0.1, 0.15) is 57.2 Å². The number of rotatable bonds is 5. The van der Waals surface area contributed by atoms with E-state index in [9.17, 15) is 0 Å². The first-order chi connectivity index (χ1) is 8.22. The zero-order chi connectivity index (χ0) is 12.3. The van der Waals surface area contributed by atoms with Crippen molar-refractivity contribution in [1.82, 2.24) is 10.1 Å². The highest BCUT2D eigenvalue weighted by molar-refractivity contribution is 4.99. The van der Waals surface area contributed by atoms with Gasteiger partial charge in [0.2, 0.25) is 5.89 Å². The maximum Gasteiger partial charge on any atom is 0.226 e. The third-order valence-electron chi connectivity index (χ3n) is 3.89. The fourth-order valence-electron chi connectivity index (χ4n) is 2.58. The van der Waals surface area contributed by atoms with Crippen molar-refractivity contribution in [2.75, 3.05) is 6.54 Å². The van der Waals surface area contributed by atoms with Gasteiger partial charge in [-0.05, 0) is 37.6 Å². The zero-order valence-electron chi connectivity index (χ0n) is 10.9. The quantitative estimate of drug-likeness (QED) is 0.854. The maximum atomic E-state index is 5.60. The Balaban J connectivity index is 1.94. The smallest absolute Gasteiger partial charge is 0.226 e. The van der Waals surface area contributed by atoms with E-state index in [1.54, 1.807) is 0 Å². The molecule has 1 aliphatic rings. The van der Waals surface area contributed by atoms with E-state index in [1.165, 1.54) is 25.7 Å². The van der Waals surface area contributed by atoms with Crippen LogP contribution in [0.5, 0.6) is 0 Å². The number of nitrogens with two attached hydrogens (primary N) is 1. The van der Waals surface area contributed by atoms with Crippen LogP contribution in [0.4, 0.5) is 0 Å². The van der Waals surface area contributed by atoms with Gasteiger partial charge in [0.25, 0.3) is 0 Å². The van der Waals surface area contributed by atoms with Crippen LogP contribution in [-0.4, -0.2) is 16.7 Å². The van der Waals surface area contributed by atoms with Crippen molar-refractivity contribution in [3.05, 3.63) is 11.7 Å². The molecule has 1 aromatic heterocycles. The molecule has 0 saturated heterocycles. The van der Waals surface area contributed by atoms with Crippen molar-refractivity contribution < 1.29 is 4.52 Å². The van der Waals surface area contributed by atoms with E-state index in [4.69, 9.17) is 10.3 Å². The van der Waals surface area contributed by atoms with Gasteiger partial charge in [-0.15, -0.1) is 0 Å². The molecule has 3 unspecified atom stereocenters. The lowest BCUT2D eigenvalue weighted by molar-refractivity contribution is 0.352. The second-order valence-electron chi connectivity index (χ2n) is 5.38. The third-order valence-corrected chi connectivity index (χ3v) is 3.89. The summed E-state index contributed by atoms with van der Waals surface area (Å²) in [6, 6.07) is 0. The Labute approximate surface area is 103 Å². The topological polar surface area (TPSA) is 64.9 Å². The van der Waals surface area contributed by atoms with Crippen molar-refractivity contribution in [1.29, 1.82) is 0 Å². The van der Waals surface area contributed by atoms with E-state index in [0.29, 0.717) is 18.4 Å². The maximum absolute atomic E-state index is 5.60. The van der Waals surface area contributed by atoms with Gasteiger partial charge >= 0.3 is 0 Å². The second-order valence-corrected chi connectivity index (χ2v) is 5.38. The molecule has 0 aromatic carbocycles. The van der Waals surface area contributed by atoms with Gasteiger partial charge in [0.1, 0.15) is 0 Å². The molecule has 4 heteroatoms. The van der Waals surface area contributed by atoms with Gasteiger partial charge in [0, 0.05) is 12.3 Å². The summed E-state index contributed by atoms with van der Waals surface area (Å²) in [5.41, 5.74) is 5.60. The van der Waals surface area contributed by atoms with Crippen molar-refractivity contribution in [2.24, 2.45) is 17.6 Å². The second kappa shape index (κ2) is 5.63. The summed E-state index contributed by atoms with van der Waals surface area (Å²) >= 11 is 0. The Morgan fingerprint density at radius 1 is 1.47 bits per heavy atom. The first-order valence-corrected chi connectivity index (χ1v) is 6.75. The predicted octanol–water partition coefficient (Wildman–Crippen LogP) is 2.50. The zero-order valence-corrected chi connectivity index (χ0v) is 10.9. The highest BCUT2D eigenvalue weighted by atomic mass is 16.5. The molecule has 0 spiro atoms. The molecule has 0 radical (unpaired) electrons. The Kier molecular flexibility index (Phi) is 4.15. The highest BCUT2D eigenvalue weighted by Gasteiger charge is 2.28. The lowest BCUT2D eigenvalue weighted by Gasteiger charge is -2.04. The molecule has 1 aliphatic carbocycles. The molecule has 4 nitrogen and oxygen atoms in total. The van der Waals surface area contributed by atoms with Crippen LogP contribution in [0.2, 0.25) is 0 Å². The normalized spacial score (nSPS) is 26.3. The number of aromatic nitrogens is 2. The molecule has 3 atom stereocenters. The van der Waals surface area contributed by atoms with E-state index in [0.717, 1.165) is 24.1 Å². The average molecular weight is 237 g/mol. The van der Waals surface area contributed by atoms with Crippen LogP contribution in [0.15, 0.2) is 4.52 Å². The molecule has 0 aliphatic heterocycles. The SMILES string of the molecule is CCC1CCC(c2noc(CC(C)CN)n2)C1. The van der Waals surface area contributed by atoms with Gasteiger partial charge in [-0.3, -0.25) is 0 Å². The molecular weight excluding hydrogens is 214 g/mol. The Morgan fingerprint density at radius 2 is 2.29 bits per heavy atom. The van der Waals surface area contributed by atoms with Crippen LogP contribution >= 0.6 is 0 Å². The molecule has 96 valence electrons. The molecule has 17 heavy (non-hydrogen) atoms. The summed E-state index contributed by atoms with van der Waals surface area (Å²) in [6.45, 7) is 5.03. The van der Waals surface area contributed by atoms with Crippen molar-refractivity contribution in [3.8, 4) is 0 Å². The summed E-state index contributed by atoms with van der Waals surface area (Å²) < 4.78 is 5.30.